The van der Waals surface area contributed by atoms with Crippen molar-refractivity contribution in [2.24, 2.45) is 5.41 Å². The minimum absolute atomic E-state index is 0.242. The van der Waals surface area contributed by atoms with Crippen LogP contribution in [0.25, 0.3) is 0 Å². The van der Waals surface area contributed by atoms with Crippen molar-refractivity contribution in [3.05, 3.63) is 29.0 Å². The maximum absolute atomic E-state index is 12.9. The van der Waals surface area contributed by atoms with Crippen LogP contribution in [0, 0.1) is 11.2 Å². The van der Waals surface area contributed by atoms with Crippen molar-refractivity contribution in [1.82, 2.24) is 5.32 Å². The first-order chi connectivity index (χ1) is 11.6. The highest BCUT2D eigenvalue weighted by Gasteiger charge is 2.45. The average molecular weight is 384 g/mol. The fourth-order valence-corrected chi connectivity index (χ4v) is 3.32. The molecular formula is C16H18ClF4NO3. The lowest BCUT2D eigenvalue weighted by molar-refractivity contribution is -0.192. The predicted molar refractivity (Wildman–Crippen MR) is 83.3 cm³/mol. The van der Waals surface area contributed by atoms with E-state index in [1.165, 1.54) is 25.0 Å². The van der Waals surface area contributed by atoms with E-state index < -0.39 is 12.1 Å². The van der Waals surface area contributed by atoms with E-state index >= 15 is 0 Å². The summed E-state index contributed by atoms with van der Waals surface area (Å²) in [6.45, 7) is 2.23. The number of carboxylic acids is 1. The quantitative estimate of drug-likeness (QED) is 0.757. The van der Waals surface area contributed by atoms with Gasteiger partial charge in [0.25, 0.3) is 0 Å². The molecule has 1 saturated heterocycles. The molecule has 1 heterocycles. The number of rotatable bonds is 2. The molecule has 0 aromatic heterocycles. The number of alkyl halides is 3. The summed E-state index contributed by atoms with van der Waals surface area (Å²) in [5, 5.41) is 10.9. The molecule has 0 amide bonds. The Balaban J connectivity index is 0.000000277. The van der Waals surface area contributed by atoms with Crippen LogP contribution in [0.1, 0.15) is 25.7 Å². The normalized spacial score (nSPS) is 19.6. The number of hydrogen-bond acceptors (Lipinski definition) is 3. The third kappa shape index (κ3) is 5.47. The molecular weight excluding hydrogens is 366 g/mol. The number of carboxylic acid groups (broad SMARTS) is 1. The Labute approximate surface area is 147 Å². The van der Waals surface area contributed by atoms with Gasteiger partial charge in [0, 0.05) is 0 Å². The molecule has 3 rings (SSSR count). The minimum Gasteiger partial charge on any atom is -0.489 e. The van der Waals surface area contributed by atoms with Gasteiger partial charge in [0.2, 0.25) is 0 Å². The molecule has 2 N–H and O–H groups in total. The summed E-state index contributed by atoms with van der Waals surface area (Å²) in [6, 6.07) is 4.31. The van der Waals surface area contributed by atoms with Crippen LogP contribution in [0.2, 0.25) is 5.02 Å². The van der Waals surface area contributed by atoms with Crippen molar-refractivity contribution >= 4 is 17.6 Å². The summed E-state index contributed by atoms with van der Waals surface area (Å²) in [5.41, 5.74) is 0.489. The Kier molecular flexibility index (Phi) is 6.16. The van der Waals surface area contributed by atoms with Crippen molar-refractivity contribution in [3.8, 4) is 5.75 Å². The second-order valence-corrected chi connectivity index (χ2v) is 6.68. The zero-order valence-corrected chi connectivity index (χ0v) is 14.0. The Hall–Kier alpha value is -1.54. The van der Waals surface area contributed by atoms with Gasteiger partial charge in [0.05, 0.1) is 11.1 Å². The van der Waals surface area contributed by atoms with E-state index in [4.69, 9.17) is 26.2 Å². The van der Waals surface area contributed by atoms with E-state index in [-0.39, 0.29) is 11.9 Å². The Bertz CT molecular complexity index is 610. The molecule has 2 aliphatic rings. The molecule has 0 atom stereocenters. The summed E-state index contributed by atoms with van der Waals surface area (Å²) in [5.74, 6) is -2.48. The van der Waals surface area contributed by atoms with Gasteiger partial charge in [0.15, 0.2) is 0 Å². The largest absolute Gasteiger partial charge is 0.490 e. The number of benzene rings is 1. The van der Waals surface area contributed by atoms with Gasteiger partial charge in [-0.15, -0.1) is 0 Å². The zero-order valence-electron chi connectivity index (χ0n) is 13.2. The van der Waals surface area contributed by atoms with Crippen molar-refractivity contribution in [2.45, 2.75) is 38.0 Å². The number of nitrogens with one attached hydrogen (secondary N) is 1. The molecule has 1 spiro atoms. The van der Waals surface area contributed by atoms with E-state index in [0.717, 1.165) is 25.9 Å². The number of hydrogen-bond donors (Lipinski definition) is 2. The molecule has 1 aliphatic carbocycles. The van der Waals surface area contributed by atoms with Gasteiger partial charge in [-0.25, -0.2) is 9.18 Å². The number of aliphatic carboxylic acids is 1. The molecule has 0 radical (unpaired) electrons. The maximum Gasteiger partial charge on any atom is 0.490 e. The third-order valence-corrected chi connectivity index (χ3v) is 4.71. The second kappa shape index (κ2) is 7.78. The lowest BCUT2D eigenvalue weighted by Crippen LogP contribution is -2.49. The van der Waals surface area contributed by atoms with Crippen LogP contribution in [-0.4, -0.2) is 36.4 Å². The van der Waals surface area contributed by atoms with Gasteiger partial charge in [-0.3, -0.25) is 0 Å². The molecule has 25 heavy (non-hydrogen) atoms. The molecule has 1 saturated carbocycles. The highest BCUT2D eigenvalue weighted by atomic mass is 35.5. The number of ether oxygens (including phenoxy) is 1. The highest BCUT2D eigenvalue weighted by molar-refractivity contribution is 6.32. The van der Waals surface area contributed by atoms with E-state index in [9.17, 15) is 17.6 Å². The van der Waals surface area contributed by atoms with Crippen LogP contribution < -0.4 is 10.1 Å². The Morgan fingerprint density at radius 2 is 1.84 bits per heavy atom. The highest BCUT2D eigenvalue weighted by Crippen LogP contribution is 2.49. The van der Waals surface area contributed by atoms with E-state index in [1.807, 2.05) is 0 Å². The van der Waals surface area contributed by atoms with Gasteiger partial charge in [-0.05, 0) is 62.4 Å². The first kappa shape index (κ1) is 19.8. The first-order valence-corrected chi connectivity index (χ1v) is 8.12. The average Bonchev–Trinajstić information content (AvgIpc) is 2.49. The summed E-state index contributed by atoms with van der Waals surface area (Å²) in [4.78, 5) is 8.90. The van der Waals surface area contributed by atoms with Crippen molar-refractivity contribution < 1.29 is 32.2 Å². The number of halogens is 5. The molecule has 2 fully saturated rings. The molecule has 1 aromatic carbocycles. The smallest absolute Gasteiger partial charge is 0.489 e. The van der Waals surface area contributed by atoms with Gasteiger partial charge < -0.3 is 15.2 Å². The summed E-state index contributed by atoms with van der Waals surface area (Å²) in [6.07, 6.45) is -0.162. The van der Waals surface area contributed by atoms with Crippen molar-refractivity contribution in [2.75, 3.05) is 13.1 Å². The molecule has 1 aliphatic heterocycles. The predicted octanol–water partition coefficient (Wildman–Crippen LogP) is 4.02. The van der Waals surface area contributed by atoms with E-state index in [1.54, 1.807) is 6.07 Å². The molecule has 4 nitrogen and oxygen atoms in total. The van der Waals surface area contributed by atoms with Crippen LogP contribution in [0.4, 0.5) is 17.6 Å². The molecule has 0 unspecified atom stereocenters. The monoisotopic (exact) mass is 383 g/mol. The van der Waals surface area contributed by atoms with Crippen LogP contribution >= 0.6 is 11.6 Å². The minimum atomic E-state index is -5.08. The lowest BCUT2D eigenvalue weighted by atomic mass is 9.62. The summed E-state index contributed by atoms with van der Waals surface area (Å²) < 4.78 is 50.5. The molecule has 9 heteroatoms. The second-order valence-electron chi connectivity index (χ2n) is 6.28. The first-order valence-electron chi connectivity index (χ1n) is 7.74. The lowest BCUT2D eigenvalue weighted by Gasteiger charge is -2.49. The van der Waals surface area contributed by atoms with Crippen molar-refractivity contribution in [1.29, 1.82) is 0 Å². The maximum atomic E-state index is 12.9. The molecule has 1 aromatic rings. The van der Waals surface area contributed by atoms with Gasteiger partial charge in [-0.2, -0.15) is 13.2 Å². The summed E-state index contributed by atoms with van der Waals surface area (Å²) >= 11 is 5.96. The van der Waals surface area contributed by atoms with Crippen molar-refractivity contribution in [3.63, 3.8) is 0 Å². The molecule has 0 bridgehead atoms. The third-order valence-electron chi connectivity index (χ3n) is 4.42. The van der Waals surface area contributed by atoms with Gasteiger partial charge in [-0.1, -0.05) is 11.6 Å². The SMILES string of the molecule is Fc1ccc(OC2CC3(CCNCC3)C2)c(Cl)c1.O=C(O)C(F)(F)F. The van der Waals surface area contributed by atoms with Crippen LogP contribution in [-0.2, 0) is 4.79 Å². The fraction of sp³-hybridized carbons (Fsp3) is 0.562. The van der Waals surface area contributed by atoms with Crippen LogP contribution in [0.15, 0.2) is 18.2 Å². The van der Waals surface area contributed by atoms with Crippen LogP contribution in [0.3, 0.4) is 0 Å². The Morgan fingerprint density at radius 1 is 1.28 bits per heavy atom. The topological polar surface area (TPSA) is 58.6 Å². The van der Waals surface area contributed by atoms with E-state index in [0.29, 0.717) is 16.2 Å². The number of piperidine rings is 1. The zero-order chi connectivity index (χ0) is 18.7. The van der Waals surface area contributed by atoms with E-state index in [2.05, 4.69) is 5.32 Å². The van der Waals surface area contributed by atoms with Crippen LogP contribution in [0.5, 0.6) is 5.75 Å². The fourth-order valence-electron chi connectivity index (χ4n) is 3.11. The Morgan fingerprint density at radius 3 is 2.32 bits per heavy atom. The standard InChI is InChI=1S/C14H17ClFNO.C2HF3O2/c15-12-7-10(16)1-2-13(12)18-11-8-14(9-11)3-5-17-6-4-14;3-2(4,5)1(6)7/h1-2,7,11,17H,3-6,8-9H2;(H,6,7). The summed E-state index contributed by atoms with van der Waals surface area (Å²) in [7, 11) is 0. The molecule has 140 valence electrons. The van der Waals surface area contributed by atoms with Gasteiger partial charge >= 0.3 is 12.1 Å². The number of carbonyl (C=O) groups is 1. The van der Waals surface area contributed by atoms with Gasteiger partial charge in [0.1, 0.15) is 11.6 Å².